The molecule has 9 heteroatoms. The molecule has 1 saturated carbocycles. The Bertz CT molecular complexity index is 1800. The highest BCUT2D eigenvalue weighted by atomic mass is 16.6. The minimum atomic E-state index is -1.54. The van der Waals surface area contributed by atoms with E-state index in [4.69, 9.17) is 28.4 Å². The van der Waals surface area contributed by atoms with Crippen LogP contribution in [-0.2, 0) is 30.2 Å². The lowest BCUT2D eigenvalue weighted by Gasteiger charge is -2.56. The van der Waals surface area contributed by atoms with E-state index in [2.05, 4.69) is 26.8 Å². The molecule has 0 aromatic heterocycles. The molecule has 0 N–H and O–H groups in total. The number of hydrogen-bond acceptors (Lipinski definition) is 9. The van der Waals surface area contributed by atoms with Gasteiger partial charge in [0.1, 0.15) is 28.4 Å². The van der Waals surface area contributed by atoms with E-state index in [1.54, 1.807) is 26.2 Å². The third-order valence-electron chi connectivity index (χ3n) is 11.7. The van der Waals surface area contributed by atoms with Crippen molar-refractivity contribution < 1.29 is 42.8 Å². The van der Waals surface area contributed by atoms with Crippen LogP contribution in [-0.4, -0.2) is 65.9 Å². The highest BCUT2D eigenvalue weighted by Crippen LogP contribution is 2.68. The zero-order chi connectivity index (χ0) is 35.5. The maximum Gasteiger partial charge on any atom is 0.333 e. The standard InChI is InChI=1S/C40H48O9/c1-21(2)11-12-24-31-25(14-16-38(8,47-31)17-15-28-37(6,7)46-28)32(44-9)29-30(41)26-19-23-20-27-36(4,5)49-39(34(23)42,40(26,27)48-33(24)29)18-13-22(3)35(43)45-10/h11,13-14,16,19,23,27-28H,12,15,17-18,20H2,1-10H3/b22-13-/t23-,27+,28?,38+,39+,40-/m1/s1. The number of Topliss-reactive ketones (excluding diaryl/α,β-unsaturated/α-hetero) is 2. The molecule has 49 heavy (non-hydrogen) atoms. The number of epoxide rings is 1. The van der Waals surface area contributed by atoms with Crippen LogP contribution in [0.3, 0.4) is 0 Å². The third-order valence-corrected chi connectivity index (χ3v) is 11.7. The molecule has 4 heterocycles. The van der Waals surface area contributed by atoms with E-state index in [0.29, 0.717) is 52.4 Å². The Morgan fingerprint density at radius 1 is 1.00 bits per heavy atom. The molecule has 6 atom stereocenters. The Labute approximate surface area is 288 Å². The average molecular weight is 673 g/mol. The van der Waals surface area contributed by atoms with Crippen LogP contribution in [0.15, 0.2) is 41.0 Å². The summed E-state index contributed by atoms with van der Waals surface area (Å²) in [5.41, 5.74) is -0.959. The van der Waals surface area contributed by atoms with Gasteiger partial charge in [-0.05, 0) is 93.2 Å². The lowest BCUT2D eigenvalue weighted by atomic mass is 9.51. The van der Waals surface area contributed by atoms with Crippen molar-refractivity contribution in [2.45, 2.75) is 122 Å². The summed E-state index contributed by atoms with van der Waals surface area (Å²) in [5.74, 6) is -0.385. The fourth-order valence-electron chi connectivity index (χ4n) is 9.03. The van der Waals surface area contributed by atoms with Crippen LogP contribution >= 0.6 is 0 Å². The normalized spacial score (nSPS) is 33.8. The van der Waals surface area contributed by atoms with E-state index >= 15 is 4.79 Å². The predicted octanol–water partition coefficient (Wildman–Crippen LogP) is 6.84. The molecule has 3 aliphatic carbocycles. The van der Waals surface area contributed by atoms with E-state index in [1.165, 1.54) is 7.11 Å². The van der Waals surface area contributed by atoms with Crippen molar-refractivity contribution in [3.8, 4) is 17.2 Å². The molecule has 4 bridgehead atoms. The Morgan fingerprint density at radius 2 is 1.71 bits per heavy atom. The van der Waals surface area contributed by atoms with Gasteiger partial charge in [-0.2, -0.15) is 0 Å². The van der Waals surface area contributed by atoms with Crippen LogP contribution in [0.1, 0.15) is 103 Å². The fraction of sp³-hybridized carbons (Fsp3) is 0.575. The Morgan fingerprint density at radius 3 is 2.35 bits per heavy atom. The van der Waals surface area contributed by atoms with E-state index in [1.807, 2.05) is 39.8 Å². The first-order valence-electron chi connectivity index (χ1n) is 17.4. The average Bonchev–Trinajstić information content (AvgIpc) is 3.63. The summed E-state index contributed by atoms with van der Waals surface area (Å²) in [7, 11) is 2.88. The molecule has 2 saturated heterocycles. The molecule has 1 aromatic carbocycles. The number of carbonyl (C=O) groups is 3. The monoisotopic (exact) mass is 672 g/mol. The van der Waals surface area contributed by atoms with Gasteiger partial charge in [-0.15, -0.1) is 0 Å². The molecule has 262 valence electrons. The second-order valence-electron chi connectivity index (χ2n) is 16.1. The first-order valence-corrected chi connectivity index (χ1v) is 17.4. The second kappa shape index (κ2) is 10.9. The van der Waals surface area contributed by atoms with Crippen molar-refractivity contribution in [2.24, 2.45) is 11.8 Å². The van der Waals surface area contributed by atoms with Gasteiger partial charge in [0, 0.05) is 35.0 Å². The number of carbonyl (C=O) groups excluding carboxylic acids is 3. The number of allylic oxidation sites excluding steroid dienone is 3. The lowest BCUT2D eigenvalue weighted by Crippen LogP contribution is -2.72. The van der Waals surface area contributed by atoms with Crippen LogP contribution < -0.4 is 14.2 Å². The predicted molar refractivity (Wildman–Crippen MR) is 183 cm³/mol. The fourth-order valence-corrected chi connectivity index (χ4v) is 9.03. The van der Waals surface area contributed by atoms with Crippen LogP contribution in [0, 0.1) is 11.8 Å². The highest BCUT2D eigenvalue weighted by Gasteiger charge is 2.81. The molecule has 1 spiro atoms. The number of ether oxygens (including phenoxy) is 6. The van der Waals surface area contributed by atoms with Gasteiger partial charge in [-0.1, -0.05) is 23.8 Å². The summed E-state index contributed by atoms with van der Waals surface area (Å²) in [6.45, 7) is 15.9. The molecule has 1 unspecified atom stereocenters. The van der Waals surface area contributed by atoms with Crippen molar-refractivity contribution in [3.63, 3.8) is 0 Å². The van der Waals surface area contributed by atoms with Gasteiger partial charge in [0.25, 0.3) is 0 Å². The molecular weight excluding hydrogens is 624 g/mol. The summed E-state index contributed by atoms with van der Waals surface area (Å²) < 4.78 is 38.0. The largest absolute Gasteiger partial charge is 0.495 e. The summed E-state index contributed by atoms with van der Waals surface area (Å²) in [6.07, 6.45) is 12.3. The maximum absolute atomic E-state index is 15.1. The quantitative estimate of drug-likeness (QED) is 0.121. The van der Waals surface area contributed by atoms with Crippen LogP contribution in [0.5, 0.6) is 17.2 Å². The number of methoxy groups -OCH3 is 2. The van der Waals surface area contributed by atoms with E-state index in [-0.39, 0.29) is 35.6 Å². The third kappa shape index (κ3) is 4.74. The number of ketones is 2. The zero-order valence-corrected chi connectivity index (χ0v) is 30.3. The van der Waals surface area contributed by atoms with Crippen molar-refractivity contribution in [1.82, 2.24) is 0 Å². The first kappa shape index (κ1) is 33.8. The SMILES string of the molecule is COC(=O)/C(C)=C\C[C@@]12OC(C)(C)[C@@H]3C[C@@H](C=C4C(=O)c5c(OC)c6c(c(CC=C(C)C)c5O[C@]431)O[C@](C)(CCC1OC1(C)C)C=C6)C2=O. The van der Waals surface area contributed by atoms with Gasteiger partial charge < -0.3 is 28.4 Å². The zero-order valence-electron chi connectivity index (χ0n) is 30.3. The van der Waals surface area contributed by atoms with Gasteiger partial charge in [-0.3, -0.25) is 9.59 Å². The number of fused-ring (bicyclic) bond motifs is 2. The summed E-state index contributed by atoms with van der Waals surface area (Å²) in [5, 5.41) is 0. The van der Waals surface area contributed by atoms with Crippen molar-refractivity contribution >= 4 is 23.6 Å². The minimum Gasteiger partial charge on any atom is -0.495 e. The van der Waals surface area contributed by atoms with E-state index in [9.17, 15) is 9.59 Å². The van der Waals surface area contributed by atoms with Crippen molar-refractivity contribution in [1.29, 1.82) is 0 Å². The molecule has 8 rings (SSSR count). The maximum atomic E-state index is 15.1. The Kier molecular flexibility index (Phi) is 7.52. The van der Waals surface area contributed by atoms with Gasteiger partial charge in [0.05, 0.1) is 37.1 Å². The second-order valence-corrected chi connectivity index (χ2v) is 16.1. The molecule has 3 fully saturated rings. The summed E-state index contributed by atoms with van der Waals surface area (Å²) in [6, 6.07) is 0. The Balaban J connectivity index is 1.43. The van der Waals surface area contributed by atoms with E-state index in [0.717, 1.165) is 24.0 Å². The van der Waals surface area contributed by atoms with Gasteiger partial charge in [0.2, 0.25) is 0 Å². The van der Waals surface area contributed by atoms with Crippen LogP contribution in [0.2, 0.25) is 0 Å². The summed E-state index contributed by atoms with van der Waals surface area (Å²) in [4.78, 5) is 42.0. The summed E-state index contributed by atoms with van der Waals surface area (Å²) >= 11 is 0. The lowest BCUT2D eigenvalue weighted by molar-refractivity contribution is -0.171. The Hall–Kier alpha value is -3.69. The molecule has 9 nitrogen and oxygen atoms in total. The molecule has 0 radical (unpaired) electrons. The van der Waals surface area contributed by atoms with Gasteiger partial charge >= 0.3 is 5.97 Å². The number of esters is 1. The van der Waals surface area contributed by atoms with Crippen LogP contribution in [0.4, 0.5) is 0 Å². The van der Waals surface area contributed by atoms with Crippen molar-refractivity contribution in [2.75, 3.05) is 14.2 Å². The number of benzene rings is 1. The van der Waals surface area contributed by atoms with Crippen molar-refractivity contribution in [3.05, 3.63) is 57.7 Å². The highest BCUT2D eigenvalue weighted by molar-refractivity contribution is 6.19. The van der Waals surface area contributed by atoms with Gasteiger partial charge in [0.15, 0.2) is 22.8 Å². The van der Waals surface area contributed by atoms with E-state index < -0.39 is 34.3 Å². The number of hydrogen-bond donors (Lipinski definition) is 0. The van der Waals surface area contributed by atoms with Crippen LogP contribution in [0.25, 0.3) is 6.08 Å². The molecule has 1 aromatic rings. The molecule has 7 aliphatic rings. The topological polar surface area (TPSA) is 110 Å². The molecule has 0 amide bonds. The minimum absolute atomic E-state index is 0.0470. The first-order chi connectivity index (χ1) is 22.9. The molecular formula is C40H48O9. The molecule has 4 aliphatic heterocycles. The van der Waals surface area contributed by atoms with Gasteiger partial charge in [-0.25, -0.2) is 4.79 Å². The smallest absolute Gasteiger partial charge is 0.333 e. The number of rotatable bonds is 9.